The molecular weight excluding hydrogens is 196 g/mol. The molecule has 0 heterocycles. The zero-order chi connectivity index (χ0) is 11.4. The van der Waals surface area contributed by atoms with E-state index in [9.17, 15) is 0 Å². The summed E-state index contributed by atoms with van der Waals surface area (Å²) < 4.78 is 0. The summed E-state index contributed by atoms with van der Waals surface area (Å²) in [6.45, 7) is 2.12. The Kier molecular flexibility index (Phi) is 3.70. The molecule has 88 valence electrons. The van der Waals surface area contributed by atoms with E-state index in [4.69, 9.17) is 5.73 Å². The highest BCUT2D eigenvalue weighted by molar-refractivity contribution is 5.70. The van der Waals surface area contributed by atoms with Gasteiger partial charge in [-0.2, -0.15) is 0 Å². The van der Waals surface area contributed by atoms with Crippen LogP contribution in [0.2, 0.25) is 0 Å². The highest BCUT2D eigenvalue weighted by Gasteiger charge is 2.13. The summed E-state index contributed by atoms with van der Waals surface area (Å²) in [5.74, 6) is 0. The monoisotopic (exact) mass is 218 g/mol. The van der Waals surface area contributed by atoms with Crippen molar-refractivity contribution in [2.75, 3.05) is 11.1 Å². The maximum absolute atomic E-state index is 6.02. The first kappa shape index (κ1) is 11.3. The minimum absolute atomic E-state index is 0.617. The summed E-state index contributed by atoms with van der Waals surface area (Å²) in [4.78, 5) is 0. The van der Waals surface area contributed by atoms with E-state index in [2.05, 4.69) is 18.3 Å². The standard InChI is InChI=1S/C14H22N2/c1-11-7-6-10-13(15)14(11)16-12-8-4-2-3-5-9-12/h6-7,10,12,16H,2-5,8-9,15H2,1H3. The first-order valence-corrected chi connectivity index (χ1v) is 6.39. The number of benzene rings is 1. The van der Waals surface area contributed by atoms with Crippen molar-refractivity contribution in [3.05, 3.63) is 23.8 Å². The van der Waals surface area contributed by atoms with Crippen molar-refractivity contribution in [1.82, 2.24) is 0 Å². The molecule has 16 heavy (non-hydrogen) atoms. The average molecular weight is 218 g/mol. The summed E-state index contributed by atoms with van der Waals surface area (Å²) in [6, 6.07) is 6.73. The van der Waals surface area contributed by atoms with Crippen molar-refractivity contribution < 1.29 is 0 Å². The molecule has 0 aromatic heterocycles. The lowest BCUT2D eigenvalue weighted by Crippen LogP contribution is -2.19. The van der Waals surface area contributed by atoms with Crippen LogP contribution in [0.5, 0.6) is 0 Å². The molecule has 3 N–H and O–H groups in total. The van der Waals surface area contributed by atoms with Crippen molar-refractivity contribution in [2.24, 2.45) is 0 Å². The highest BCUT2D eigenvalue weighted by Crippen LogP contribution is 2.27. The van der Waals surface area contributed by atoms with Crippen molar-refractivity contribution in [1.29, 1.82) is 0 Å². The van der Waals surface area contributed by atoms with Gasteiger partial charge in [-0.25, -0.2) is 0 Å². The zero-order valence-electron chi connectivity index (χ0n) is 10.1. The SMILES string of the molecule is Cc1cccc(N)c1NC1CCCCCC1. The number of nitrogen functional groups attached to an aromatic ring is 1. The number of aryl methyl sites for hydroxylation is 1. The Balaban J connectivity index is 2.07. The van der Waals surface area contributed by atoms with Gasteiger partial charge in [-0.05, 0) is 31.4 Å². The van der Waals surface area contributed by atoms with Crippen LogP contribution in [0, 0.1) is 6.92 Å². The van der Waals surface area contributed by atoms with Crippen LogP contribution in [0.25, 0.3) is 0 Å². The fourth-order valence-electron chi connectivity index (χ4n) is 2.52. The maximum atomic E-state index is 6.02. The summed E-state index contributed by atoms with van der Waals surface area (Å²) >= 11 is 0. The molecule has 0 atom stereocenters. The van der Waals surface area contributed by atoms with Crippen LogP contribution in [0.15, 0.2) is 18.2 Å². The number of nitrogens with two attached hydrogens (primary N) is 1. The molecule has 0 radical (unpaired) electrons. The van der Waals surface area contributed by atoms with Crippen molar-refractivity contribution >= 4 is 11.4 Å². The zero-order valence-corrected chi connectivity index (χ0v) is 10.1. The van der Waals surface area contributed by atoms with E-state index < -0.39 is 0 Å². The van der Waals surface area contributed by atoms with Crippen LogP contribution >= 0.6 is 0 Å². The number of rotatable bonds is 2. The number of nitrogens with one attached hydrogen (secondary N) is 1. The third-order valence-electron chi connectivity index (χ3n) is 3.51. The van der Waals surface area contributed by atoms with E-state index in [0.717, 1.165) is 11.4 Å². The fraction of sp³-hybridized carbons (Fsp3) is 0.571. The summed E-state index contributed by atoms with van der Waals surface area (Å²) in [5, 5.41) is 3.63. The second-order valence-corrected chi connectivity index (χ2v) is 4.87. The number of para-hydroxylation sites is 1. The second-order valence-electron chi connectivity index (χ2n) is 4.87. The topological polar surface area (TPSA) is 38.0 Å². The van der Waals surface area contributed by atoms with E-state index in [1.807, 2.05) is 12.1 Å². The summed E-state index contributed by atoms with van der Waals surface area (Å²) in [5.41, 5.74) is 9.30. The Morgan fingerprint density at radius 3 is 2.44 bits per heavy atom. The number of hydrogen-bond donors (Lipinski definition) is 2. The van der Waals surface area contributed by atoms with Gasteiger partial charge >= 0.3 is 0 Å². The van der Waals surface area contributed by atoms with E-state index >= 15 is 0 Å². The van der Waals surface area contributed by atoms with Crippen molar-refractivity contribution in [3.8, 4) is 0 Å². The van der Waals surface area contributed by atoms with Gasteiger partial charge in [-0.15, -0.1) is 0 Å². The van der Waals surface area contributed by atoms with Gasteiger partial charge in [0, 0.05) is 6.04 Å². The van der Waals surface area contributed by atoms with Gasteiger partial charge in [0.05, 0.1) is 11.4 Å². The molecule has 1 aromatic carbocycles. The van der Waals surface area contributed by atoms with Gasteiger partial charge in [0.25, 0.3) is 0 Å². The van der Waals surface area contributed by atoms with Crippen LogP contribution < -0.4 is 11.1 Å². The highest BCUT2D eigenvalue weighted by atomic mass is 14.9. The lowest BCUT2D eigenvalue weighted by Gasteiger charge is -2.20. The minimum Gasteiger partial charge on any atom is -0.397 e. The molecule has 1 aliphatic carbocycles. The molecule has 1 saturated carbocycles. The Morgan fingerprint density at radius 1 is 1.12 bits per heavy atom. The fourth-order valence-corrected chi connectivity index (χ4v) is 2.52. The van der Waals surface area contributed by atoms with Gasteiger partial charge in [0.1, 0.15) is 0 Å². The summed E-state index contributed by atoms with van der Waals surface area (Å²) in [7, 11) is 0. The molecule has 2 nitrogen and oxygen atoms in total. The molecule has 0 amide bonds. The van der Waals surface area contributed by atoms with Gasteiger partial charge in [0.15, 0.2) is 0 Å². The first-order valence-electron chi connectivity index (χ1n) is 6.39. The number of hydrogen-bond acceptors (Lipinski definition) is 2. The Morgan fingerprint density at radius 2 is 1.81 bits per heavy atom. The molecule has 0 unspecified atom stereocenters. The van der Waals surface area contributed by atoms with Crippen molar-refractivity contribution in [2.45, 2.75) is 51.5 Å². The lowest BCUT2D eigenvalue weighted by molar-refractivity contribution is 0.620. The second kappa shape index (κ2) is 5.24. The maximum Gasteiger partial charge on any atom is 0.0605 e. The molecule has 1 aromatic rings. The van der Waals surface area contributed by atoms with E-state index in [-0.39, 0.29) is 0 Å². The normalized spacial score (nSPS) is 18.1. The van der Waals surface area contributed by atoms with Gasteiger partial charge < -0.3 is 11.1 Å². The summed E-state index contributed by atoms with van der Waals surface area (Å²) in [6.07, 6.45) is 8.05. The Labute approximate surface area is 98.2 Å². The predicted octanol–water partition coefficient (Wildman–Crippen LogP) is 3.71. The minimum atomic E-state index is 0.617. The molecule has 2 heteroatoms. The quantitative estimate of drug-likeness (QED) is 0.586. The van der Waals surface area contributed by atoms with Gasteiger partial charge in [0.2, 0.25) is 0 Å². The third kappa shape index (κ3) is 2.69. The van der Waals surface area contributed by atoms with Crippen molar-refractivity contribution in [3.63, 3.8) is 0 Å². The van der Waals surface area contributed by atoms with Gasteiger partial charge in [-0.3, -0.25) is 0 Å². The molecule has 0 aliphatic heterocycles. The molecule has 0 saturated heterocycles. The number of anilines is 2. The first-order chi connectivity index (χ1) is 7.77. The van der Waals surface area contributed by atoms with Crippen LogP contribution in [0.3, 0.4) is 0 Å². The largest absolute Gasteiger partial charge is 0.397 e. The Bertz CT molecular complexity index is 318. The molecule has 1 fully saturated rings. The molecule has 0 spiro atoms. The van der Waals surface area contributed by atoms with E-state index in [0.29, 0.717) is 6.04 Å². The average Bonchev–Trinajstić information content (AvgIpc) is 2.52. The van der Waals surface area contributed by atoms with E-state index in [1.165, 1.54) is 44.1 Å². The van der Waals surface area contributed by atoms with Gasteiger partial charge in [-0.1, -0.05) is 37.8 Å². The predicted molar refractivity (Wildman–Crippen MR) is 70.7 cm³/mol. The molecule has 1 aliphatic rings. The molecular formula is C14H22N2. The molecule has 2 rings (SSSR count). The van der Waals surface area contributed by atoms with Crippen LogP contribution in [0.4, 0.5) is 11.4 Å². The van der Waals surface area contributed by atoms with Crippen LogP contribution in [-0.2, 0) is 0 Å². The van der Waals surface area contributed by atoms with E-state index in [1.54, 1.807) is 0 Å². The lowest BCUT2D eigenvalue weighted by atomic mass is 10.1. The smallest absolute Gasteiger partial charge is 0.0605 e. The third-order valence-corrected chi connectivity index (χ3v) is 3.51. The molecule has 0 bridgehead atoms. The van der Waals surface area contributed by atoms with Crippen LogP contribution in [-0.4, -0.2) is 6.04 Å². The Hall–Kier alpha value is -1.18. The van der Waals surface area contributed by atoms with Crippen LogP contribution in [0.1, 0.15) is 44.1 Å².